The maximum atomic E-state index is 12.2. The fourth-order valence-corrected chi connectivity index (χ4v) is 3.26. The maximum absolute atomic E-state index is 12.2. The smallest absolute Gasteiger partial charge is 0.241 e. The van der Waals surface area contributed by atoms with E-state index in [1.807, 2.05) is 0 Å². The first-order chi connectivity index (χ1) is 9.42. The number of amides is 1. The number of hydrogen-bond acceptors (Lipinski definition) is 5. The fraction of sp³-hybridized carbons (Fsp3) is 0.417. The normalized spacial score (nSPS) is 19.4. The van der Waals surface area contributed by atoms with E-state index in [4.69, 9.17) is 10.5 Å². The van der Waals surface area contributed by atoms with E-state index >= 15 is 0 Å². The van der Waals surface area contributed by atoms with Crippen molar-refractivity contribution in [2.24, 2.45) is 0 Å². The first-order valence-corrected chi connectivity index (χ1v) is 7.63. The molecule has 20 heavy (non-hydrogen) atoms. The Morgan fingerprint density at radius 2 is 2.20 bits per heavy atom. The second-order valence-electron chi connectivity index (χ2n) is 4.56. The van der Waals surface area contributed by atoms with Gasteiger partial charge in [-0.2, -0.15) is 0 Å². The van der Waals surface area contributed by atoms with Gasteiger partial charge in [0.1, 0.15) is 5.75 Å². The van der Waals surface area contributed by atoms with Crippen LogP contribution < -0.4 is 20.5 Å². The summed E-state index contributed by atoms with van der Waals surface area (Å²) in [6.45, 7) is 0.296. The molecule has 1 aromatic rings. The molecule has 7 nitrogen and oxygen atoms in total. The van der Waals surface area contributed by atoms with Crippen LogP contribution in [-0.2, 0) is 14.8 Å². The van der Waals surface area contributed by atoms with Gasteiger partial charge < -0.3 is 15.8 Å². The molecule has 1 aliphatic rings. The van der Waals surface area contributed by atoms with Crippen molar-refractivity contribution in [1.29, 1.82) is 0 Å². The summed E-state index contributed by atoms with van der Waals surface area (Å²) in [6, 6.07) is 3.97. The molecule has 8 heteroatoms. The minimum absolute atomic E-state index is 0.0606. The standard InChI is InChI=1S/C12H17N3O4S/c1-19-11-6-9(3-4-10(11)13)20(17,18)15-8-2-5-12(16)14-7-8/h3-4,6,8,15H,2,5,7,13H2,1H3,(H,14,16). The predicted octanol–water partition coefficient (Wildman–Crippen LogP) is -0.166. The van der Waals surface area contributed by atoms with E-state index in [0.29, 0.717) is 30.8 Å². The van der Waals surface area contributed by atoms with Crippen LogP contribution in [0.3, 0.4) is 0 Å². The number of nitrogens with one attached hydrogen (secondary N) is 2. The molecule has 110 valence electrons. The van der Waals surface area contributed by atoms with Crippen molar-refractivity contribution in [3.05, 3.63) is 18.2 Å². The molecule has 1 amide bonds. The lowest BCUT2D eigenvalue weighted by Gasteiger charge is -2.23. The highest BCUT2D eigenvalue weighted by atomic mass is 32.2. The SMILES string of the molecule is COc1cc(S(=O)(=O)NC2CCC(=O)NC2)ccc1N. The Balaban J connectivity index is 2.16. The molecule has 0 bridgehead atoms. The van der Waals surface area contributed by atoms with Gasteiger partial charge >= 0.3 is 0 Å². The van der Waals surface area contributed by atoms with Crippen LogP contribution in [0.4, 0.5) is 5.69 Å². The minimum Gasteiger partial charge on any atom is -0.495 e. The Morgan fingerprint density at radius 1 is 1.45 bits per heavy atom. The number of ether oxygens (including phenoxy) is 1. The third kappa shape index (κ3) is 3.20. The zero-order valence-electron chi connectivity index (χ0n) is 11.0. The Labute approximate surface area is 117 Å². The summed E-state index contributed by atoms with van der Waals surface area (Å²) in [6.07, 6.45) is 0.801. The summed E-state index contributed by atoms with van der Waals surface area (Å²) in [5, 5.41) is 2.63. The maximum Gasteiger partial charge on any atom is 0.241 e. The fourth-order valence-electron chi connectivity index (χ4n) is 1.98. The van der Waals surface area contributed by atoms with Gasteiger partial charge in [-0.15, -0.1) is 0 Å². The van der Waals surface area contributed by atoms with Gasteiger partial charge in [-0.1, -0.05) is 0 Å². The summed E-state index contributed by atoms with van der Waals surface area (Å²) < 4.78 is 32.1. The highest BCUT2D eigenvalue weighted by Crippen LogP contribution is 2.25. The molecule has 1 heterocycles. The van der Waals surface area contributed by atoms with Crippen molar-refractivity contribution in [2.45, 2.75) is 23.8 Å². The van der Waals surface area contributed by atoms with Crippen molar-refractivity contribution < 1.29 is 17.9 Å². The van der Waals surface area contributed by atoms with E-state index in [0.717, 1.165) is 0 Å². The molecule has 0 aromatic heterocycles. The number of piperidine rings is 1. The second kappa shape index (κ2) is 5.68. The van der Waals surface area contributed by atoms with Gasteiger partial charge in [0.05, 0.1) is 17.7 Å². The number of anilines is 1. The molecular formula is C12H17N3O4S. The van der Waals surface area contributed by atoms with Crippen molar-refractivity contribution >= 4 is 21.6 Å². The van der Waals surface area contributed by atoms with Crippen molar-refractivity contribution in [2.75, 3.05) is 19.4 Å². The summed E-state index contributed by atoms with van der Waals surface area (Å²) in [7, 11) is -2.24. The predicted molar refractivity (Wildman–Crippen MR) is 73.8 cm³/mol. The van der Waals surface area contributed by atoms with Crippen LogP contribution >= 0.6 is 0 Å². The lowest BCUT2D eigenvalue weighted by molar-refractivity contribution is -0.122. The topological polar surface area (TPSA) is 111 Å². The molecule has 1 aliphatic heterocycles. The molecule has 0 aliphatic carbocycles. The van der Waals surface area contributed by atoms with Crippen molar-refractivity contribution in [3.63, 3.8) is 0 Å². The van der Waals surface area contributed by atoms with E-state index in [9.17, 15) is 13.2 Å². The second-order valence-corrected chi connectivity index (χ2v) is 6.28. The highest BCUT2D eigenvalue weighted by molar-refractivity contribution is 7.89. The molecule has 0 saturated carbocycles. The van der Waals surface area contributed by atoms with Gasteiger partial charge in [-0.3, -0.25) is 4.79 Å². The van der Waals surface area contributed by atoms with Crippen molar-refractivity contribution in [1.82, 2.24) is 10.0 Å². The van der Waals surface area contributed by atoms with Crippen LogP contribution in [0, 0.1) is 0 Å². The first-order valence-electron chi connectivity index (χ1n) is 6.15. The average molecular weight is 299 g/mol. The molecule has 1 aromatic carbocycles. The van der Waals surface area contributed by atoms with Gasteiger partial charge in [-0.25, -0.2) is 13.1 Å². The Morgan fingerprint density at radius 3 is 2.80 bits per heavy atom. The van der Waals surface area contributed by atoms with Crippen LogP contribution in [0.15, 0.2) is 23.1 Å². The lowest BCUT2D eigenvalue weighted by atomic mass is 10.1. The van der Waals surface area contributed by atoms with Gasteiger partial charge in [-0.05, 0) is 18.6 Å². The van der Waals surface area contributed by atoms with Crippen LogP contribution in [0.1, 0.15) is 12.8 Å². The largest absolute Gasteiger partial charge is 0.495 e. The highest BCUT2D eigenvalue weighted by Gasteiger charge is 2.24. The molecule has 0 spiro atoms. The van der Waals surface area contributed by atoms with Gasteiger partial charge in [0, 0.05) is 25.1 Å². The number of benzene rings is 1. The number of carbonyl (C=O) groups excluding carboxylic acids is 1. The third-order valence-electron chi connectivity index (χ3n) is 3.10. The number of sulfonamides is 1. The molecular weight excluding hydrogens is 282 g/mol. The lowest BCUT2D eigenvalue weighted by Crippen LogP contribution is -2.47. The Bertz CT molecular complexity index is 605. The van der Waals surface area contributed by atoms with Crippen LogP contribution in [0.25, 0.3) is 0 Å². The molecule has 4 N–H and O–H groups in total. The zero-order chi connectivity index (χ0) is 14.8. The van der Waals surface area contributed by atoms with Gasteiger partial charge in [0.15, 0.2) is 0 Å². The van der Waals surface area contributed by atoms with Crippen LogP contribution in [0.5, 0.6) is 5.75 Å². The summed E-state index contributed by atoms with van der Waals surface area (Å²) in [4.78, 5) is 11.1. The molecule has 2 rings (SSSR count). The molecule has 0 radical (unpaired) electrons. The molecule has 1 unspecified atom stereocenters. The first kappa shape index (κ1) is 14.6. The summed E-state index contributed by atoms with van der Waals surface area (Å²) in [5.41, 5.74) is 6.03. The number of nitrogens with two attached hydrogens (primary N) is 1. The molecule has 1 saturated heterocycles. The zero-order valence-corrected chi connectivity index (χ0v) is 11.9. The summed E-state index contributed by atoms with van der Waals surface area (Å²) >= 11 is 0. The molecule has 1 fully saturated rings. The van der Waals surface area contributed by atoms with E-state index < -0.39 is 10.0 Å². The summed E-state index contributed by atoms with van der Waals surface area (Å²) in [5.74, 6) is 0.249. The average Bonchev–Trinajstić information content (AvgIpc) is 2.41. The minimum atomic E-state index is -3.66. The number of carbonyl (C=O) groups is 1. The van der Waals surface area contributed by atoms with E-state index in [1.165, 1.54) is 25.3 Å². The van der Waals surface area contributed by atoms with E-state index in [1.54, 1.807) is 0 Å². The van der Waals surface area contributed by atoms with Gasteiger partial charge in [0.2, 0.25) is 15.9 Å². The van der Waals surface area contributed by atoms with Crippen LogP contribution in [0.2, 0.25) is 0 Å². The third-order valence-corrected chi connectivity index (χ3v) is 4.62. The quantitative estimate of drug-likeness (QED) is 0.669. The number of rotatable bonds is 4. The Hall–Kier alpha value is -1.80. The Kier molecular flexibility index (Phi) is 4.15. The molecule has 1 atom stereocenters. The van der Waals surface area contributed by atoms with Crippen LogP contribution in [-0.4, -0.2) is 34.0 Å². The van der Waals surface area contributed by atoms with Crippen molar-refractivity contribution in [3.8, 4) is 5.75 Å². The number of hydrogen-bond donors (Lipinski definition) is 3. The van der Waals surface area contributed by atoms with E-state index in [2.05, 4.69) is 10.0 Å². The van der Waals surface area contributed by atoms with Gasteiger partial charge in [0.25, 0.3) is 0 Å². The van der Waals surface area contributed by atoms with E-state index in [-0.39, 0.29) is 16.8 Å². The number of methoxy groups -OCH3 is 1. The monoisotopic (exact) mass is 299 g/mol. The number of nitrogen functional groups attached to an aromatic ring is 1.